The zero-order valence-electron chi connectivity index (χ0n) is 16.7. The van der Waals surface area contributed by atoms with Crippen LogP contribution in [0.5, 0.6) is 0 Å². The molecular formula is C24H24N2O2S. The third-order valence-corrected chi connectivity index (χ3v) is 6.28. The van der Waals surface area contributed by atoms with Crippen molar-refractivity contribution in [2.24, 2.45) is 0 Å². The normalized spacial score (nSPS) is 13.5. The van der Waals surface area contributed by atoms with Crippen LogP contribution in [0, 0.1) is 13.8 Å². The van der Waals surface area contributed by atoms with E-state index in [2.05, 4.69) is 10.7 Å². The molecule has 1 aliphatic rings. The second-order valence-electron chi connectivity index (χ2n) is 7.49. The van der Waals surface area contributed by atoms with Crippen molar-refractivity contribution in [3.63, 3.8) is 0 Å². The molecule has 1 aromatic heterocycles. The Hall–Kier alpha value is -2.92. The van der Waals surface area contributed by atoms with Crippen LogP contribution in [0.1, 0.15) is 49.6 Å². The quantitative estimate of drug-likeness (QED) is 0.618. The summed E-state index contributed by atoms with van der Waals surface area (Å²) in [5, 5.41) is 4.98. The van der Waals surface area contributed by atoms with Crippen molar-refractivity contribution in [3.8, 4) is 0 Å². The monoisotopic (exact) mass is 404 g/mol. The van der Waals surface area contributed by atoms with Gasteiger partial charge >= 0.3 is 0 Å². The Morgan fingerprint density at radius 2 is 1.79 bits per heavy atom. The second kappa shape index (κ2) is 8.21. The molecule has 29 heavy (non-hydrogen) atoms. The summed E-state index contributed by atoms with van der Waals surface area (Å²) in [6.07, 6.45) is 3.16. The molecule has 0 aliphatic carbocycles. The van der Waals surface area contributed by atoms with Crippen LogP contribution in [0.25, 0.3) is 0 Å². The minimum Gasteiger partial charge on any atom is -0.322 e. The van der Waals surface area contributed by atoms with E-state index in [1.165, 1.54) is 4.88 Å². The maximum Gasteiger partial charge on any atom is 0.258 e. The van der Waals surface area contributed by atoms with Crippen LogP contribution >= 0.6 is 11.3 Å². The number of amides is 2. The second-order valence-corrected chi connectivity index (χ2v) is 8.49. The van der Waals surface area contributed by atoms with Crippen molar-refractivity contribution < 1.29 is 9.59 Å². The van der Waals surface area contributed by atoms with E-state index in [4.69, 9.17) is 0 Å². The van der Waals surface area contributed by atoms with E-state index >= 15 is 0 Å². The zero-order chi connectivity index (χ0) is 20.4. The molecule has 0 radical (unpaired) electrons. The van der Waals surface area contributed by atoms with Crippen molar-refractivity contribution >= 4 is 34.5 Å². The predicted molar refractivity (Wildman–Crippen MR) is 119 cm³/mol. The Morgan fingerprint density at radius 3 is 2.55 bits per heavy atom. The van der Waals surface area contributed by atoms with Crippen LogP contribution in [0.3, 0.4) is 0 Å². The van der Waals surface area contributed by atoms with Gasteiger partial charge in [-0.1, -0.05) is 17.7 Å². The van der Waals surface area contributed by atoms with Crippen LogP contribution in [-0.4, -0.2) is 18.4 Å². The molecule has 0 spiro atoms. The van der Waals surface area contributed by atoms with Crippen LogP contribution in [0.15, 0.2) is 53.9 Å². The highest BCUT2D eigenvalue weighted by atomic mass is 32.1. The molecule has 0 unspecified atom stereocenters. The van der Waals surface area contributed by atoms with Gasteiger partial charge in [0.2, 0.25) is 0 Å². The number of nitrogens with zero attached hydrogens (tertiary/aromatic N) is 1. The first-order chi connectivity index (χ1) is 14.0. The molecular weight excluding hydrogens is 380 g/mol. The van der Waals surface area contributed by atoms with Gasteiger partial charge in [0, 0.05) is 28.2 Å². The van der Waals surface area contributed by atoms with E-state index in [9.17, 15) is 9.59 Å². The summed E-state index contributed by atoms with van der Waals surface area (Å²) in [5.74, 6) is -0.129. The van der Waals surface area contributed by atoms with Crippen molar-refractivity contribution in [1.82, 2.24) is 0 Å². The first-order valence-electron chi connectivity index (χ1n) is 9.90. The number of nitrogens with one attached hydrogen (secondary N) is 1. The molecule has 1 N–H and O–H groups in total. The third kappa shape index (κ3) is 4.10. The number of hydrogen-bond acceptors (Lipinski definition) is 3. The van der Waals surface area contributed by atoms with E-state index in [1.807, 2.05) is 43.0 Å². The maximum absolute atomic E-state index is 13.1. The number of thiophene rings is 1. The van der Waals surface area contributed by atoms with Crippen molar-refractivity contribution in [3.05, 3.63) is 81.0 Å². The summed E-state index contributed by atoms with van der Waals surface area (Å²) < 4.78 is 0. The summed E-state index contributed by atoms with van der Waals surface area (Å²) in [6, 6.07) is 15.0. The molecule has 0 atom stereocenters. The molecule has 148 valence electrons. The van der Waals surface area contributed by atoms with Gasteiger partial charge in [-0.15, -0.1) is 11.3 Å². The van der Waals surface area contributed by atoms with Gasteiger partial charge in [0.1, 0.15) is 0 Å². The van der Waals surface area contributed by atoms with Crippen molar-refractivity contribution in [2.75, 3.05) is 16.8 Å². The van der Waals surface area contributed by atoms with Crippen LogP contribution < -0.4 is 10.2 Å². The largest absolute Gasteiger partial charge is 0.322 e. The van der Waals surface area contributed by atoms with Gasteiger partial charge in [0.15, 0.2) is 0 Å². The smallest absolute Gasteiger partial charge is 0.258 e. The average molecular weight is 405 g/mol. The maximum atomic E-state index is 13.1. The van der Waals surface area contributed by atoms with E-state index in [1.54, 1.807) is 35.6 Å². The Kier molecular flexibility index (Phi) is 5.49. The third-order valence-electron chi connectivity index (χ3n) is 5.31. The first-order valence-corrected chi connectivity index (χ1v) is 10.8. The average Bonchev–Trinajstić information content (AvgIpc) is 3.07. The van der Waals surface area contributed by atoms with Gasteiger partial charge in [0.05, 0.1) is 5.69 Å². The fourth-order valence-corrected chi connectivity index (χ4v) is 4.69. The molecule has 4 nitrogen and oxygen atoms in total. The lowest BCUT2D eigenvalue weighted by Crippen LogP contribution is -2.31. The molecule has 0 saturated carbocycles. The molecule has 2 heterocycles. The predicted octanol–water partition coefficient (Wildman–Crippen LogP) is 5.60. The number of hydrogen-bond donors (Lipinski definition) is 1. The van der Waals surface area contributed by atoms with Crippen LogP contribution in [-0.2, 0) is 6.42 Å². The highest BCUT2D eigenvalue weighted by Crippen LogP contribution is 2.32. The first kappa shape index (κ1) is 19.4. The SMILES string of the molecule is Cc1ccc(C(=O)Nc2ccc(C(=O)N3CCCCc4sccc43)cc2)c(C)c1. The molecule has 2 amide bonds. The number of carbonyl (C=O) groups is 2. The fraction of sp³-hybridized carbons (Fsp3) is 0.250. The van der Waals surface area contributed by atoms with Crippen molar-refractivity contribution in [1.29, 1.82) is 0 Å². The summed E-state index contributed by atoms with van der Waals surface area (Å²) in [5.41, 5.74) is 5.09. The molecule has 0 bridgehead atoms. The topological polar surface area (TPSA) is 49.4 Å². The lowest BCUT2D eigenvalue weighted by molar-refractivity contribution is 0.0985. The van der Waals surface area contributed by atoms with Crippen LogP contribution in [0.2, 0.25) is 0 Å². The van der Waals surface area contributed by atoms with Gasteiger partial charge in [-0.25, -0.2) is 0 Å². The molecule has 1 aliphatic heterocycles. The van der Waals surface area contributed by atoms with E-state index in [-0.39, 0.29) is 11.8 Å². The number of fused-ring (bicyclic) bond motifs is 1. The molecule has 0 saturated heterocycles. The Balaban J connectivity index is 1.49. The van der Waals surface area contributed by atoms with Gasteiger partial charge in [-0.05, 0) is 80.5 Å². The minimum atomic E-state index is -0.142. The van der Waals surface area contributed by atoms with Gasteiger partial charge in [0.25, 0.3) is 11.8 Å². The van der Waals surface area contributed by atoms with E-state index in [0.717, 1.165) is 42.6 Å². The van der Waals surface area contributed by atoms with Crippen molar-refractivity contribution in [2.45, 2.75) is 33.1 Å². The Labute approximate surface area is 175 Å². The minimum absolute atomic E-state index is 0.0128. The number of carbonyl (C=O) groups excluding carboxylic acids is 2. The number of rotatable bonds is 3. The number of anilines is 2. The Bertz CT molecular complexity index is 1050. The summed E-state index contributed by atoms with van der Waals surface area (Å²) in [7, 11) is 0. The van der Waals surface area contributed by atoms with Gasteiger partial charge in [-0.3, -0.25) is 9.59 Å². The van der Waals surface area contributed by atoms with Gasteiger partial charge < -0.3 is 10.2 Å². The van der Waals surface area contributed by atoms with E-state index < -0.39 is 0 Å². The summed E-state index contributed by atoms with van der Waals surface area (Å²) in [6.45, 7) is 4.69. The molecule has 2 aromatic carbocycles. The van der Waals surface area contributed by atoms with E-state index in [0.29, 0.717) is 16.8 Å². The summed E-state index contributed by atoms with van der Waals surface area (Å²) >= 11 is 1.72. The highest BCUT2D eigenvalue weighted by Gasteiger charge is 2.23. The number of benzene rings is 2. The fourth-order valence-electron chi connectivity index (χ4n) is 3.77. The standard InChI is InChI=1S/C24H24N2O2S/c1-16-6-11-20(17(2)15-16)23(27)25-19-9-7-18(8-10-19)24(28)26-13-4-3-5-22-21(26)12-14-29-22/h6-12,14-15H,3-5,13H2,1-2H3,(H,25,27). The lowest BCUT2D eigenvalue weighted by Gasteiger charge is -2.21. The molecule has 5 heteroatoms. The summed E-state index contributed by atoms with van der Waals surface area (Å²) in [4.78, 5) is 28.8. The Morgan fingerprint density at radius 1 is 1.00 bits per heavy atom. The van der Waals surface area contributed by atoms with Crippen LogP contribution in [0.4, 0.5) is 11.4 Å². The number of aryl methyl sites for hydroxylation is 3. The van der Waals surface area contributed by atoms with Gasteiger partial charge in [-0.2, -0.15) is 0 Å². The molecule has 0 fully saturated rings. The highest BCUT2D eigenvalue weighted by molar-refractivity contribution is 7.10. The molecule has 4 rings (SSSR count). The lowest BCUT2D eigenvalue weighted by atomic mass is 10.1. The molecule has 3 aromatic rings. The zero-order valence-corrected chi connectivity index (χ0v) is 17.5.